The summed E-state index contributed by atoms with van der Waals surface area (Å²) in [5.74, 6) is -0.187. The van der Waals surface area contributed by atoms with E-state index in [0.29, 0.717) is 5.56 Å². The molecule has 2 rings (SSSR count). The van der Waals surface area contributed by atoms with Gasteiger partial charge >= 0.3 is 0 Å². The molecule has 18 heavy (non-hydrogen) atoms. The second-order valence-corrected chi connectivity index (χ2v) is 5.92. The first-order valence-electron chi connectivity index (χ1n) is 6.33. The van der Waals surface area contributed by atoms with Crippen LogP contribution in [0.15, 0.2) is 22.7 Å². The van der Waals surface area contributed by atoms with E-state index in [-0.39, 0.29) is 17.5 Å². The van der Waals surface area contributed by atoms with E-state index in [1.54, 1.807) is 6.07 Å². The molecule has 1 N–H and O–H groups in total. The molecule has 1 aromatic carbocycles. The van der Waals surface area contributed by atoms with Crippen LogP contribution in [-0.4, -0.2) is 19.3 Å². The Kier molecular flexibility index (Phi) is 4.41. The molecule has 0 spiro atoms. The third kappa shape index (κ3) is 2.76. The summed E-state index contributed by atoms with van der Waals surface area (Å²) < 4.78 is 20.8. The molecule has 1 aromatic rings. The van der Waals surface area contributed by atoms with Crippen molar-refractivity contribution < 1.29 is 9.13 Å². The normalized spacial score (nSPS) is 26.0. The molecular formula is C14H19BrFNO. The van der Waals surface area contributed by atoms with Crippen LogP contribution in [0.4, 0.5) is 4.39 Å². The third-order valence-corrected chi connectivity index (χ3v) is 4.16. The zero-order chi connectivity index (χ0) is 13.2. The summed E-state index contributed by atoms with van der Waals surface area (Å²) in [5.41, 5.74) is 0.325. The zero-order valence-electron chi connectivity index (χ0n) is 10.8. The van der Waals surface area contributed by atoms with Gasteiger partial charge in [-0.25, -0.2) is 4.39 Å². The van der Waals surface area contributed by atoms with Gasteiger partial charge < -0.3 is 10.1 Å². The van der Waals surface area contributed by atoms with E-state index < -0.39 is 0 Å². The molecule has 4 heteroatoms. The summed E-state index contributed by atoms with van der Waals surface area (Å²) >= 11 is 3.40. The molecule has 2 unspecified atom stereocenters. The van der Waals surface area contributed by atoms with Crippen LogP contribution in [0, 0.1) is 5.82 Å². The summed E-state index contributed by atoms with van der Waals surface area (Å²) in [5, 5.41) is 3.21. The summed E-state index contributed by atoms with van der Waals surface area (Å²) in [6, 6.07) is 4.92. The van der Waals surface area contributed by atoms with Crippen LogP contribution in [0.3, 0.4) is 0 Å². The van der Waals surface area contributed by atoms with E-state index in [0.717, 1.165) is 30.3 Å². The SMILES string of the molecule is CNC(c1cc(Br)ccc1F)C1(C)CCCCO1. The molecule has 100 valence electrons. The predicted molar refractivity (Wildman–Crippen MR) is 74.1 cm³/mol. The van der Waals surface area contributed by atoms with Crippen LogP contribution in [0.25, 0.3) is 0 Å². The molecule has 0 amide bonds. The summed E-state index contributed by atoms with van der Waals surface area (Å²) in [6.45, 7) is 2.82. The Morgan fingerprint density at radius 3 is 2.83 bits per heavy atom. The number of likely N-dealkylation sites (N-methyl/N-ethyl adjacent to an activating group) is 1. The van der Waals surface area contributed by atoms with Gasteiger partial charge in [-0.1, -0.05) is 15.9 Å². The van der Waals surface area contributed by atoms with Gasteiger partial charge in [0.2, 0.25) is 0 Å². The lowest BCUT2D eigenvalue weighted by Gasteiger charge is -2.40. The molecule has 1 aliphatic heterocycles. The number of nitrogens with one attached hydrogen (secondary N) is 1. The molecule has 0 bridgehead atoms. The molecule has 0 aromatic heterocycles. The summed E-state index contributed by atoms with van der Waals surface area (Å²) in [6.07, 6.45) is 3.17. The fraction of sp³-hybridized carbons (Fsp3) is 0.571. The number of hydrogen-bond acceptors (Lipinski definition) is 2. The maximum absolute atomic E-state index is 14.0. The van der Waals surface area contributed by atoms with Crippen LogP contribution < -0.4 is 5.32 Å². The highest BCUT2D eigenvalue weighted by molar-refractivity contribution is 9.10. The molecule has 0 saturated carbocycles. The largest absolute Gasteiger partial charge is 0.373 e. The Balaban J connectivity index is 2.35. The Morgan fingerprint density at radius 2 is 2.22 bits per heavy atom. The lowest BCUT2D eigenvalue weighted by atomic mass is 9.84. The van der Waals surface area contributed by atoms with E-state index in [1.807, 2.05) is 13.1 Å². The van der Waals surface area contributed by atoms with Gasteiger partial charge in [0, 0.05) is 16.6 Å². The van der Waals surface area contributed by atoms with Gasteiger partial charge in [0.25, 0.3) is 0 Å². The molecule has 1 saturated heterocycles. The van der Waals surface area contributed by atoms with Crippen LogP contribution in [0.5, 0.6) is 0 Å². The Bertz CT molecular complexity index is 418. The van der Waals surface area contributed by atoms with Crippen molar-refractivity contribution >= 4 is 15.9 Å². The van der Waals surface area contributed by atoms with E-state index in [2.05, 4.69) is 28.2 Å². The molecule has 0 radical (unpaired) electrons. The molecule has 2 atom stereocenters. The lowest BCUT2D eigenvalue weighted by molar-refractivity contribution is -0.0890. The highest BCUT2D eigenvalue weighted by Gasteiger charge is 2.38. The first-order valence-corrected chi connectivity index (χ1v) is 7.12. The topological polar surface area (TPSA) is 21.3 Å². The monoisotopic (exact) mass is 315 g/mol. The second-order valence-electron chi connectivity index (χ2n) is 5.01. The number of rotatable bonds is 3. The number of benzene rings is 1. The van der Waals surface area contributed by atoms with Crippen molar-refractivity contribution in [2.45, 2.75) is 37.8 Å². The molecule has 1 aliphatic rings. The quantitative estimate of drug-likeness (QED) is 0.916. The Morgan fingerprint density at radius 1 is 1.44 bits per heavy atom. The predicted octanol–water partition coefficient (Wildman–Crippen LogP) is 3.81. The maximum Gasteiger partial charge on any atom is 0.128 e. The van der Waals surface area contributed by atoms with Gasteiger partial charge in [-0.15, -0.1) is 0 Å². The lowest BCUT2D eigenvalue weighted by Crippen LogP contribution is -2.45. The van der Waals surface area contributed by atoms with Crippen molar-refractivity contribution in [2.75, 3.05) is 13.7 Å². The van der Waals surface area contributed by atoms with Crippen molar-refractivity contribution in [3.63, 3.8) is 0 Å². The molecule has 2 nitrogen and oxygen atoms in total. The van der Waals surface area contributed by atoms with Crippen molar-refractivity contribution in [2.24, 2.45) is 0 Å². The Hall–Kier alpha value is -0.450. The van der Waals surface area contributed by atoms with Gasteiger partial charge in [-0.05, 0) is 51.4 Å². The minimum atomic E-state index is -0.339. The van der Waals surface area contributed by atoms with Gasteiger partial charge in [0.15, 0.2) is 0 Å². The van der Waals surface area contributed by atoms with Crippen LogP contribution >= 0.6 is 15.9 Å². The minimum Gasteiger partial charge on any atom is -0.373 e. The van der Waals surface area contributed by atoms with Gasteiger partial charge in [-0.2, -0.15) is 0 Å². The molecular weight excluding hydrogens is 297 g/mol. The second kappa shape index (κ2) is 5.68. The smallest absolute Gasteiger partial charge is 0.128 e. The molecule has 1 fully saturated rings. The first-order chi connectivity index (χ1) is 8.57. The van der Waals surface area contributed by atoms with Gasteiger partial charge in [-0.3, -0.25) is 0 Å². The van der Waals surface area contributed by atoms with Crippen molar-refractivity contribution in [1.29, 1.82) is 0 Å². The van der Waals surface area contributed by atoms with Gasteiger partial charge in [0.05, 0.1) is 11.6 Å². The van der Waals surface area contributed by atoms with E-state index >= 15 is 0 Å². The fourth-order valence-corrected chi connectivity index (χ4v) is 3.09. The average Bonchev–Trinajstić information content (AvgIpc) is 2.35. The molecule has 1 heterocycles. The standard InChI is InChI=1S/C14H19BrFNO/c1-14(7-3-4-8-18-14)13(17-2)11-9-10(15)5-6-12(11)16/h5-6,9,13,17H,3-4,7-8H2,1-2H3. The fourth-order valence-electron chi connectivity index (χ4n) is 2.71. The Labute approximate surface area is 116 Å². The number of halogens is 2. The van der Waals surface area contributed by atoms with Crippen molar-refractivity contribution in [1.82, 2.24) is 5.32 Å². The minimum absolute atomic E-state index is 0.129. The summed E-state index contributed by atoms with van der Waals surface area (Å²) in [7, 11) is 1.86. The maximum atomic E-state index is 14.0. The van der Waals surface area contributed by atoms with E-state index in [9.17, 15) is 4.39 Å². The van der Waals surface area contributed by atoms with Crippen LogP contribution in [0.1, 0.15) is 37.8 Å². The van der Waals surface area contributed by atoms with Crippen LogP contribution in [0.2, 0.25) is 0 Å². The van der Waals surface area contributed by atoms with Gasteiger partial charge in [0.1, 0.15) is 5.82 Å². The highest BCUT2D eigenvalue weighted by atomic mass is 79.9. The van der Waals surface area contributed by atoms with Crippen molar-refractivity contribution in [3.8, 4) is 0 Å². The highest BCUT2D eigenvalue weighted by Crippen LogP contribution is 2.37. The van der Waals surface area contributed by atoms with Crippen LogP contribution in [-0.2, 0) is 4.74 Å². The van der Waals surface area contributed by atoms with E-state index in [1.165, 1.54) is 6.07 Å². The number of hydrogen-bond donors (Lipinski definition) is 1. The average molecular weight is 316 g/mol. The van der Waals surface area contributed by atoms with Crippen molar-refractivity contribution in [3.05, 3.63) is 34.1 Å². The number of ether oxygens (including phenoxy) is 1. The third-order valence-electron chi connectivity index (χ3n) is 3.67. The molecule has 0 aliphatic carbocycles. The first kappa shape index (κ1) is 14.0. The van der Waals surface area contributed by atoms with E-state index in [4.69, 9.17) is 4.74 Å². The summed E-state index contributed by atoms with van der Waals surface area (Å²) in [4.78, 5) is 0. The zero-order valence-corrected chi connectivity index (χ0v) is 12.4.